The monoisotopic (exact) mass is 422 g/mol. The molecule has 0 aromatic heterocycles. The molecule has 0 saturated carbocycles. The van der Waals surface area contributed by atoms with E-state index < -0.39 is 27.8 Å². The van der Waals surface area contributed by atoms with E-state index in [2.05, 4.69) is 5.32 Å². The van der Waals surface area contributed by atoms with Gasteiger partial charge in [-0.1, -0.05) is 24.6 Å². The van der Waals surface area contributed by atoms with Gasteiger partial charge < -0.3 is 10.1 Å². The Morgan fingerprint density at radius 1 is 1.25 bits per heavy atom. The highest BCUT2D eigenvalue weighted by Crippen LogP contribution is 2.32. The minimum absolute atomic E-state index is 0.0316. The summed E-state index contributed by atoms with van der Waals surface area (Å²) in [6.45, 7) is 3.43. The van der Waals surface area contributed by atoms with Crippen LogP contribution >= 0.6 is 11.6 Å². The minimum Gasteiger partial charge on any atom is -0.495 e. The Kier molecular flexibility index (Phi) is 5.36. The van der Waals surface area contributed by atoms with Gasteiger partial charge >= 0.3 is 0 Å². The van der Waals surface area contributed by atoms with Crippen LogP contribution in [0.4, 0.5) is 11.4 Å². The highest BCUT2D eigenvalue weighted by molar-refractivity contribution is 7.94. The van der Waals surface area contributed by atoms with E-state index in [9.17, 15) is 18.0 Å². The summed E-state index contributed by atoms with van der Waals surface area (Å²) in [7, 11) is -2.25. The number of carbonyl (C=O) groups is 2. The van der Waals surface area contributed by atoms with E-state index in [1.54, 1.807) is 19.1 Å². The highest BCUT2D eigenvalue weighted by atomic mass is 35.5. The number of aryl methyl sites for hydroxylation is 1. The van der Waals surface area contributed by atoms with Gasteiger partial charge in [-0.2, -0.15) is 0 Å². The maximum atomic E-state index is 12.6. The van der Waals surface area contributed by atoms with E-state index in [1.165, 1.54) is 25.3 Å². The van der Waals surface area contributed by atoms with E-state index in [0.29, 0.717) is 11.4 Å². The summed E-state index contributed by atoms with van der Waals surface area (Å²) in [6.07, 6.45) is 0. The number of carbonyl (C=O) groups excluding carboxylic acids is 2. The molecule has 0 unspecified atom stereocenters. The number of rotatable bonds is 4. The molecular formula is C19H19ClN2O5S. The molecule has 0 bridgehead atoms. The van der Waals surface area contributed by atoms with Crippen molar-refractivity contribution >= 4 is 44.8 Å². The molecule has 2 aromatic rings. The Labute approximate surface area is 168 Å². The second kappa shape index (κ2) is 7.44. The summed E-state index contributed by atoms with van der Waals surface area (Å²) in [4.78, 5) is 24.8. The van der Waals surface area contributed by atoms with Gasteiger partial charge in [0.05, 0.1) is 40.7 Å². The summed E-state index contributed by atoms with van der Waals surface area (Å²) >= 11 is 6.23. The van der Waals surface area contributed by atoms with Crippen molar-refractivity contribution in [3.05, 3.63) is 52.5 Å². The van der Waals surface area contributed by atoms with Crippen molar-refractivity contribution in [2.24, 2.45) is 5.92 Å². The van der Waals surface area contributed by atoms with Gasteiger partial charge in [0.15, 0.2) is 0 Å². The van der Waals surface area contributed by atoms with Crippen LogP contribution in [0.3, 0.4) is 0 Å². The molecule has 28 heavy (non-hydrogen) atoms. The van der Waals surface area contributed by atoms with Crippen molar-refractivity contribution < 1.29 is 22.7 Å². The normalized spacial score (nSPS) is 18.2. The van der Waals surface area contributed by atoms with Crippen LogP contribution in [0.25, 0.3) is 0 Å². The van der Waals surface area contributed by atoms with Crippen LogP contribution in [0, 0.1) is 12.8 Å². The number of hydrogen-bond donors (Lipinski definition) is 1. The number of halogens is 1. The maximum absolute atomic E-state index is 12.6. The zero-order chi connectivity index (χ0) is 20.6. The van der Waals surface area contributed by atoms with Gasteiger partial charge in [0, 0.05) is 0 Å². The molecule has 1 fully saturated rings. The van der Waals surface area contributed by atoms with Crippen LogP contribution in [0.1, 0.15) is 22.8 Å². The number of hydrogen-bond acceptors (Lipinski definition) is 5. The molecule has 1 saturated heterocycles. The topological polar surface area (TPSA) is 92.8 Å². The fourth-order valence-electron chi connectivity index (χ4n) is 3.01. The first kappa shape index (κ1) is 20.2. The molecule has 0 radical (unpaired) electrons. The van der Waals surface area contributed by atoms with Gasteiger partial charge in [-0.05, 0) is 42.8 Å². The van der Waals surface area contributed by atoms with Crippen molar-refractivity contribution in [2.45, 2.75) is 13.8 Å². The van der Waals surface area contributed by atoms with Crippen LogP contribution in [0.5, 0.6) is 5.75 Å². The number of sulfonamides is 1. The standard InChI is InChI=1S/C19H19ClN2O5S/c1-11-4-7-17(27-3)16(8-11)21-18(23)14-6-5-13(9-15(14)20)22-19(24)12(2)10-28(22,25)26/h4-9,12H,10H2,1-3H3,(H,21,23)/t12-/m0/s1. The summed E-state index contributed by atoms with van der Waals surface area (Å²) in [6, 6.07) is 9.43. The van der Waals surface area contributed by atoms with E-state index >= 15 is 0 Å². The maximum Gasteiger partial charge on any atom is 0.257 e. The molecule has 1 aliphatic rings. The number of amides is 2. The first-order chi connectivity index (χ1) is 13.1. The minimum atomic E-state index is -3.74. The lowest BCUT2D eigenvalue weighted by molar-refractivity contribution is -0.119. The average molecular weight is 423 g/mol. The molecule has 148 valence electrons. The fraction of sp³-hybridized carbons (Fsp3) is 0.263. The van der Waals surface area contributed by atoms with Gasteiger partial charge in [0.1, 0.15) is 5.75 Å². The lowest BCUT2D eigenvalue weighted by Gasteiger charge is -2.17. The first-order valence-corrected chi connectivity index (χ1v) is 10.4. The molecule has 1 aliphatic heterocycles. The molecule has 1 heterocycles. The second-order valence-corrected chi connectivity index (χ2v) is 8.87. The molecule has 2 amide bonds. The second-order valence-electron chi connectivity index (χ2n) is 6.60. The highest BCUT2D eigenvalue weighted by Gasteiger charge is 2.42. The molecule has 9 heteroatoms. The SMILES string of the molecule is COc1ccc(C)cc1NC(=O)c1ccc(N2C(=O)[C@@H](C)CS2(=O)=O)cc1Cl. The van der Waals surface area contributed by atoms with Gasteiger partial charge in [-0.25, -0.2) is 12.7 Å². The first-order valence-electron chi connectivity index (χ1n) is 8.46. The fourth-order valence-corrected chi connectivity index (χ4v) is 5.08. The van der Waals surface area contributed by atoms with Crippen molar-refractivity contribution in [1.82, 2.24) is 0 Å². The van der Waals surface area contributed by atoms with Crippen LogP contribution in [0.2, 0.25) is 5.02 Å². The zero-order valence-corrected chi connectivity index (χ0v) is 17.1. The Hall–Kier alpha value is -2.58. The number of nitrogens with zero attached hydrogens (tertiary/aromatic N) is 1. The molecule has 0 aliphatic carbocycles. The Morgan fingerprint density at radius 2 is 1.96 bits per heavy atom. The quantitative estimate of drug-likeness (QED) is 0.816. The number of methoxy groups -OCH3 is 1. The molecule has 3 rings (SSSR count). The molecular weight excluding hydrogens is 404 g/mol. The summed E-state index contributed by atoms with van der Waals surface area (Å²) in [5.74, 6) is -1.38. The lowest BCUT2D eigenvalue weighted by Crippen LogP contribution is -2.30. The van der Waals surface area contributed by atoms with Crippen molar-refractivity contribution in [2.75, 3.05) is 22.5 Å². The number of nitrogens with one attached hydrogen (secondary N) is 1. The van der Waals surface area contributed by atoms with Gasteiger partial charge in [-0.15, -0.1) is 0 Å². The molecule has 1 atom stereocenters. The lowest BCUT2D eigenvalue weighted by atomic mass is 10.1. The van der Waals surface area contributed by atoms with Crippen molar-refractivity contribution in [1.29, 1.82) is 0 Å². The largest absolute Gasteiger partial charge is 0.495 e. The summed E-state index contributed by atoms with van der Waals surface area (Å²) in [5.41, 5.74) is 1.68. The summed E-state index contributed by atoms with van der Waals surface area (Å²) in [5, 5.41) is 2.76. The molecule has 2 aromatic carbocycles. The third-order valence-corrected chi connectivity index (χ3v) is 6.58. The number of anilines is 2. The van der Waals surface area contributed by atoms with Crippen LogP contribution in [0.15, 0.2) is 36.4 Å². The van der Waals surface area contributed by atoms with E-state index in [-0.39, 0.29) is 22.0 Å². The zero-order valence-electron chi connectivity index (χ0n) is 15.5. The Bertz CT molecular complexity index is 1070. The average Bonchev–Trinajstić information content (AvgIpc) is 2.82. The van der Waals surface area contributed by atoms with E-state index in [4.69, 9.17) is 16.3 Å². The van der Waals surface area contributed by atoms with E-state index in [0.717, 1.165) is 9.87 Å². The van der Waals surface area contributed by atoms with Gasteiger partial charge in [0.2, 0.25) is 15.9 Å². The molecule has 0 spiro atoms. The summed E-state index contributed by atoms with van der Waals surface area (Å²) < 4.78 is 30.4. The third-order valence-electron chi connectivity index (χ3n) is 4.40. The van der Waals surface area contributed by atoms with Crippen LogP contribution in [-0.4, -0.2) is 33.1 Å². The van der Waals surface area contributed by atoms with Gasteiger partial charge in [-0.3, -0.25) is 9.59 Å². The Morgan fingerprint density at radius 3 is 2.54 bits per heavy atom. The number of ether oxygens (including phenoxy) is 1. The molecule has 7 nitrogen and oxygen atoms in total. The predicted octanol–water partition coefficient (Wildman–Crippen LogP) is 3.22. The Balaban J connectivity index is 1.90. The van der Waals surface area contributed by atoms with Crippen molar-refractivity contribution in [3.63, 3.8) is 0 Å². The van der Waals surface area contributed by atoms with Crippen LogP contribution in [-0.2, 0) is 14.8 Å². The predicted molar refractivity (Wildman–Crippen MR) is 108 cm³/mol. The van der Waals surface area contributed by atoms with Crippen LogP contribution < -0.4 is 14.4 Å². The van der Waals surface area contributed by atoms with E-state index in [1.807, 2.05) is 13.0 Å². The third kappa shape index (κ3) is 3.70. The molecule has 1 N–H and O–H groups in total. The van der Waals surface area contributed by atoms with Gasteiger partial charge in [0.25, 0.3) is 5.91 Å². The van der Waals surface area contributed by atoms with Crippen molar-refractivity contribution in [3.8, 4) is 5.75 Å². The number of benzene rings is 2. The smallest absolute Gasteiger partial charge is 0.257 e.